The molecule has 1 atom stereocenters. The minimum Gasteiger partial charge on any atom is -0.0852 e. The average Bonchev–Trinajstić information content (AvgIpc) is 1.95. The van der Waals surface area contributed by atoms with Crippen molar-refractivity contribution in [3.05, 3.63) is 12.2 Å². The van der Waals surface area contributed by atoms with Crippen molar-refractivity contribution in [1.29, 1.82) is 0 Å². The summed E-state index contributed by atoms with van der Waals surface area (Å²) in [6.45, 7) is 11.3. The lowest BCUT2D eigenvalue weighted by atomic mass is 9.93. The Morgan fingerprint density at radius 2 is 1.83 bits per heavy atom. The van der Waals surface area contributed by atoms with Gasteiger partial charge in [-0.2, -0.15) is 0 Å². The highest BCUT2D eigenvalue weighted by Crippen LogP contribution is 2.17. The maximum atomic E-state index is 2.36. The first-order valence-corrected chi connectivity index (χ1v) is 5.15. The lowest BCUT2D eigenvalue weighted by Crippen LogP contribution is -2.00. The summed E-state index contributed by atoms with van der Waals surface area (Å²) in [5, 5.41) is 0. The maximum Gasteiger partial charge on any atom is -0.0203 e. The van der Waals surface area contributed by atoms with Crippen LogP contribution in [0, 0.1) is 11.3 Å². The molecule has 0 heteroatoms. The van der Waals surface area contributed by atoms with Gasteiger partial charge in [0.15, 0.2) is 0 Å². The lowest BCUT2D eigenvalue weighted by Gasteiger charge is -2.13. The van der Waals surface area contributed by atoms with Crippen LogP contribution in [-0.4, -0.2) is 0 Å². The molecule has 0 radical (unpaired) electrons. The number of allylic oxidation sites excluding steroid dienone is 2. The van der Waals surface area contributed by atoms with Crippen LogP contribution in [-0.2, 0) is 0 Å². The summed E-state index contributed by atoms with van der Waals surface area (Å²) in [5.41, 5.74) is 0.348. The molecule has 0 saturated carbocycles. The zero-order chi connectivity index (χ0) is 9.61. The van der Waals surface area contributed by atoms with Crippen molar-refractivity contribution in [3.8, 4) is 0 Å². The fourth-order valence-corrected chi connectivity index (χ4v) is 1.08. The predicted octanol–water partition coefficient (Wildman–Crippen LogP) is 4.42. The van der Waals surface area contributed by atoms with Gasteiger partial charge in [-0.25, -0.2) is 0 Å². The van der Waals surface area contributed by atoms with E-state index in [2.05, 4.69) is 46.8 Å². The van der Waals surface area contributed by atoms with Crippen LogP contribution < -0.4 is 0 Å². The van der Waals surface area contributed by atoms with Gasteiger partial charge in [0.2, 0.25) is 0 Å². The largest absolute Gasteiger partial charge is 0.0852 e. The molecule has 0 bridgehead atoms. The average molecular weight is 168 g/mol. The van der Waals surface area contributed by atoms with Gasteiger partial charge in [-0.1, -0.05) is 59.6 Å². The third kappa shape index (κ3) is 7.84. The van der Waals surface area contributed by atoms with E-state index >= 15 is 0 Å². The Morgan fingerprint density at radius 3 is 2.25 bits per heavy atom. The first-order valence-electron chi connectivity index (χ1n) is 5.15. The third-order valence-corrected chi connectivity index (χ3v) is 1.94. The molecule has 12 heavy (non-hydrogen) atoms. The summed E-state index contributed by atoms with van der Waals surface area (Å²) >= 11 is 0. The Balaban J connectivity index is 3.68. The van der Waals surface area contributed by atoms with E-state index in [0.29, 0.717) is 5.41 Å². The van der Waals surface area contributed by atoms with Crippen molar-refractivity contribution in [2.45, 2.75) is 53.9 Å². The summed E-state index contributed by atoms with van der Waals surface area (Å²) in [4.78, 5) is 0. The highest BCUT2D eigenvalue weighted by Gasteiger charge is 2.04. The molecule has 0 fully saturated rings. The van der Waals surface area contributed by atoms with E-state index in [1.54, 1.807) is 0 Å². The van der Waals surface area contributed by atoms with Gasteiger partial charge in [0.05, 0.1) is 0 Å². The van der Waals surface area contributed by atoms with E-state index < -0.39 is 0 Å². The number of unbranched alkanes of at least 4 members (excludes halogenated alkanes) is 1. The van der Waals surface area contributed by atoms with Gasteiger partial charge in [0.1, 0.15) is 0 Å². The quantitative estimate of drug-likeness (QED) is 0.545. The fraction of sp³-hybridized carbons (Fsp3) is 0.833. The molecule has 72 valence electrons. The summed E-state index contributed by atoms with van der Waals surface area (Å²) in [7, 11) is 0. The normalized spacial score (nSPS) is 15.4. The van der Waals surface area contributed by atoms with Crippen LogP contribution in [0.5, 0.6) is 0 Å². The van der Waals surface area contributed by atoms with Crippen molar-refractivity contribution in [3.63, 3.8) is 0 Å². The topological polar surface area (TPSA) is 0 Å². The zero-order valence-corrected chi connectivity index (χ0v) is 9.35. The van der Waals surface area contributed by atoms with E-state index in [1.165, 1.54) is 19.3 Å². The van der Waals surface area contributed by atoms with E-state index in [-0.39, 0.29) is 0 Å². The highest BCUT2D eigenvalue weighted by atomic mass is 14.1. The van der Waals surface area contributed by atoms with Crippen molar-refractivity contribution < 1.29 is 0 Å². The van der Waals surface area contributed by atoms with E-state index in [1.807, 2.05) is 0 Å². The molecule has 0 aliphatic rings. The Labute approximate surface area is 78.1 Å². The van der Waals surface area contributed by atoms with Gasteiger partial charge in [-0.3, -0.25) is 0 Å². The summed E-state index contributed by atoms with van der Waals surface area (Å²) in [6, 6.07) is 0. The molecule has 0 aliphatic carbocycles. The first-order chi connectivity index (χ1) is 5.45. The molecule has 0 aromatic heterocycles. The van der Waals surface area contributed by atoms with Gasteiger partial charge >= 0.3 is 0 Å². The second kappa shape index (κ2) is 5.40. The number of rotatable bonds is 4. The molecule has 0 aromatic rings. The molecule has 0 nitrogen and oxygen atoms in total. The summed E-state index contributed by atoms with van der Waals surface area (Å²) in [6.07, 6.45) is 8.69. The van der Waals surface area contributed by atoms with Crippen molar-refractivity contribution in [2.75, 3.05) is 0 Å². The lowest BCUT2D eigenvalue weighted by molar-refractivity contribution is 0.528. The molecule has 0 saturated heterocycles. The van der Waals surface area contributed by atoms with Gasteiger partial charge < -0.3 is 0 Å². The third-order valence-electron chi connectivity index (χ3n) is 1.94. The van der Waals surface area contributed by atoms with Crippen LogP contribution in [0.25, 0.3) is 0 Å². The monoisotopic (exact) mass is 168 g/mol. The minimum atomic E-state index is 0.348. The molecule has 0 aromatic carbocycles. The molecule has 0 aliphatic heterocycles. The second-order valence-corrected chi connectivity index (χ2v) is 4.84. The molecular formula is C12H24. The fourth-order valence-electron chi connectivity index (χ4n) is 1.08. The van der Waals surface area contributed by atoms with Crippen molar-refractivity contribution in [1.82, 2.24) is 0 Å². The van der Waals surface area contributed by atoms with Crippen LogP contribution in [0.2, 0.25) is 0 Å². The van der Waals surface area contributed by atoms with E-state index in [0.717, 1.165) is 5.92 Å². The second-order valence-electron chi connectivity index (χ2n) is 4.84. The Hall–Kier alpha value is -0.260. The molecule has 0 heterocycles. The molecule has 1 unspecified atom stereocenters. The minimum absolute atomic E-state index is 0.348. The summed E-state index contributed by atoms with van der Waals surface area (Å²) < 4.78 is 0. The maximum absolute atomic E-state index is 2.36. The Morgan fingerprint density at radius 1 is 1.25 bits per heavy atom. The van der Waals surface area contributed by atoms with E-state index in [9.17, 15) is 0 Å². The van der Waals surface area contributed by atoms with Crippen LogP contribution in [0.15, 0.2) is 12.2 Å². The van der Waals surface area contributed by atoms with E-state index in [4.69, 9.17) is 0 Å². The van der Waals surface area contributed by atoms with Crippen LogP contribution in [0.1, 0.15) is 53.9 Å². The molecule has 0 rings (SSSR count). The molecular weight excluding hydrogens is 144 g/mol. The Bertz CT molecular complexity index is 125. The zero-order valence-electron chi connectivity index (χ0n) is 9.35. The number of hydrogen-bond acceptors (Lipinski definition) is 0. The summed E-state index contributed by atoms with van der Waals surface area (Å²) in [5.74, 6) is 0.754. The van der Waals surface area contributed by atoms with Gasteiger partial charge in [0.25, 0.3) is 0 Å². The van der Waals surface area contributed by atoms with Crippen LogP contribution in [0.3, 0.4) is 0 Å². The van der Waals surface area contributed by atoms with Gasteiger partial charge in [0, 0.05) is 0 Å². The standard InChI is InChI=1S/C12H24/c1-6-7-8-11(2)9-10-12(3,4)5/h9-11H,6-8H2,1-5H3/b10-9-. The molecule has 0 amide bonds. The smallest absolute Gasteiger partial charge is 0.0203 e. The van der Waals surface area contributed by atoms with Gasteiger partial charge in [-0.15, -0.1) is 0 Å². The number of hydrogen-bond donors (Lipinski definition) is 0. The molecule has 0 spiro atoms. The van der Waals surface area contributed by atoms with Crippen LogP contribution in [0.4, 0.5) is 0 Å². The highest BCUT2D eigenvalue weighted by molar-refractivity contribution is 4.94. The first kappa shape index (κ1) is 11.7. The van der Waals surface area contributed by atoms with Crippen molar-refractivity contribution in [2.24, 2.45) is 11.3 Å². The van der Waals surface area contributed by atoms with Crippen LogP contribution >= 0.6 is 0 Å². The van der Waals surface area contributed by atoms with Crippen molar-refractivity contribution >= 4 is 0 Å². The SMILES string of the molecule is CCCCC(C)/C=C\C(C)(C)C. The Kier molecular flexibility index (Phi) is 5.28. The van der Waals surface area contributed by atoms with Gasteiger partial charge in [-0.05, 0) is 17.8 Å². The predicted molar refractivity (Wildman–Crippen MR) is 57.3 cm³/mol. The molecule has 0 N–H and O–H groups in total.